The Hall–Kier alpha value is 0.270. The Morgan fingerprint density at radius 3 is 2.57 bits per heavy atom. The fourth-order valence-electron chi connectivity index (χ4n) is 0.216. The summed E-state index contributed by atoms with van der Waals surface area (Å²) in [5, 5.41) is 0. The molecule has 0 saturated carbocycles. The molecule has 0 fully saturated rings. The van der Waals surface area contributed by atoms with Gasteiger partial charge in [0.15, 0.2) is 0 Å². The van der Waals surface area contributed by atoms with E-state index in [1.165, 1.54) is 0 Å². The van der Waals surface area contributed by atoms with E-state index >= 15 is 0 Å². The zero-order valence-electron chi connectivity index (χ0n) is 4.44. The minimum absolute atomic E-state index is 0.739. The van der Waals surface area contributed by atoms with Gasteiger partial charge >= 0.3 is 0 Å². The van der Waals surface area contributed by atoms with Crippen molar-refractivity contribution in [1.82, 2.24) is 4.72 Å². The lowest BCUT2D eigenvalue weighted by Crippen LogP contribution is -2.22. The summed E-state index contributed by atoms with van der Waals surface area (Å²) in [4.78, 5) is 0. The van der Waals surface area contributed by atoms with Crippen molar-refractivity contribution in [2.24, 2.45) is 0 Å². The molecule has 0 amide bonds. The SMILES string of the molecule is [CH2]CCN[S+](C)[O-]. The molecule has 43 valence electrons. The van der Waals surface area contributed by atoms with Crippen LogP contribution in [0.1, 0.15) is 6.42 Å². The molecule has 0 saturated heterocycles. The number of hydrogen-bond donors (Lipinski definition) is 1. The maximum atomic E-state index is 10.2. The zero-order chi connectivity index (χ0) is 5.70. The molecule has 0 heterocycles. The molecule has 2 nitrogen and oxygen atoms in total. The summed E-state index contributed by atoms with van der Waals surface area (Å²) in [7, 11) is 0. The van der Waals surface area contributed by atoms with Crippen LogP contribution in [0.2, 0.25) is 0 Å². The van der Waals surface area contributed by atoms with E-state index in [-0.39, 0.29) is 0 Å². The Balaban J connectivity index is 2.68. The largest absolute Gasteiger partial charge is 0.598 e. The standard InChI is InChI=1S/C4H10NOS/c1-3-4-5-7(2)6/h5H,1,3-4H2,2H3. The van der Waals surface area contributed by atoms with Crippen molar-refractivity contribution in [2.75, 3.05) is 12.8 Å². The number of hydrogen-bond acceptors (Lipinski definition) is 2. The topological polar surface area (TPSA) is 35.1 Å². The van der Waals surface area contributed by atoms with E-state index in [1.807, 2.05) is 0 Å². The van der Waals surface area contributed by atoms with Gasteiger partial charge in [-0.15, -0.1) is 4.72 Å². The molecule has 0 spiro atoms. The van der Waals surface area contributed by atoms with E-state index in [0.717, 1.165) is 13.0 Å². The quantitative estimate of drug-likeness (QED) is 0.536. The van der Waals surface area contributed by atoms with Gasteiger partial charge < -0.3 is 4.55 Å². The van der Waals surface area contributed by atoms with Gasteiger partial charge in [-0.3, -0.25) is 0 Å². The molecule has 1 atom stereocenters. The summed E-state index contributed by atoms with van der Waals surface area (Å²) in [6.07, 6.45) is 2.40. The van der Waals surface area contributed by atoms with Crippen molar-refractivity contribution < 1.29 is 4.55 Å². The maximum Gasteiger partial charge on any atom is 0.115 e. The second kappa shape index (κ2) is 4.43. The first-order chi connectivity index (χ1) is 3.27. The average molecular weight is 120 g/mol. The lowest BCUT2D eigenvalue weighted by atomic mass is 10.5. The molecule has 1 unspecified atom stereocenters. The summed E-state index contributed by atoms with van der Waals surface area (Å²) in [5.41, 5.74) is 0. The van der Waals surface area contributed by atoms with Gasteiger partial charge in [-0.25, -0.2) is 0 Å². The summed E-state index contributed by atoms with van der Waals surface area (Å²) < 4.78 is 12.9. The van der Waals surface area contributed by atoms with Crippen LogP contribution in [0.15, 0.2) is 0 Å². The highest BCUT2D eigenvalue weighted by atomic mass is 32.2. The molecule has 3 heteroatoms. The summed E-state index contributed by atoms with van der Waals surface area (Å²) in [6, 6.07) is 0. The lowest BCUT2D eigenvalue weighted by Gasteiger charge is -2.01. The fourth-order valence-corrected chi connectivity index (χ4v) is 0.648. The van der Waals surface area contributed by atoms with Gasteiger partial charge in [0, 0.05) is 17.9 Å². The monoisotopic (exact) mass is 120 g/mol. The molecular weight excluding hydrogens is 110 g/mol. The summed E-state index contributed by atoms with van der Waals surface area (Å²) in [6.45, 7) is 4.30. The van der Waals surface area contributed by atoms with Crippen molar-refractivity contribution >= 4 is 11.4 Å². The minimum atomic E-state index is -0.855. The predicted molar refractivity (Wildman–Crippen MR) is 32.0 cm³/mol. The molecule has 0 aromatic rings. The molecule has 1 radical (unpaired) electrons. The Kier molecular flexibility index (Phi) is 4.60. The smallest absolute Gasteiger partial charge is 0.115 e. The van der Waals surface area contributed by atoms with Crippen molar-refractivity contribution in [3.8, 4) is 0 Å². The van der Waals surface area contributed by atoms with E-state index in [2.05, 4.69) is 11.6 Å². The second-order valence-corrected chi connectivity index (χ2v) is 2.40. The Labute approximate surface area is 47.6 Å². The predicted octanol–water partition coefficient (Wildman–Crippen LogP) is 0.0937. The van der Waals surface area contributed by atoms with Gasteiger partial charge in [0.05, 0.1) is 0 Å². The van der Waals surface area contributed by atoms with Crippen LogP contribution < -0.4 is 4.72 Å². The van der Waals surface area contributed by atoms with E-state index in [1.54, 1.807) is 6.26 Å². The van der Waals surface area contributed by atoms with Crippen LogP contribution in [-0.2, 0) is 11.4 Å². The van der Waals surface area contributed by atoms with Gasteiger partial charge in [-0.05, 0) is 6.42 Å². The van der Waals surface area contributed by atoms with E-state index in [0.29, 0.717) is 0 Å². The first-order valence-electron chi connectivity index (χ1n) is 2.13. The van der Waals surface area contributed by atoms with Crippen molar-refractivity contribution in [3.63, 3.8) is 0 Å². The number of nitrogens with one attached hydrogen (secondary N) is 1. The van der Waals surface area contributed by atoms with Gasteiger partial charge in [0.25, 0.3) is 0 Å². The van der Waals surface area contributed by atoms with Crippen LogP contribution in [0.25, 0.3) is 0 Å². The molecule has 0 bridgehead atoms. The highest BCUT2D eigenvalue weighted by molar-refractivity contribution is 7.88. The second-order valence-electron chi connectivity index (χ2n) is 1.20. The molecule has 0 aliphatic carbocycles. The van der Waals surface area contributed by atoms with Crippen LogP contribution in [0.3, 0.4) is 0 Å². The van der Waals surface area contributed by atoms with Crippen LogP contribution in [0.5, 0.6) is 0 Å². The van der Waals surface area contributed by atoms with Crippen LogP contribution in [-0.4, -0.2) is 17.4 Å². The minimum Gasteiger partial charge on any atom is -0.598 e. The van der Waals surface area contributed by atoms with Gasteiger partial charge in [0.2, 0.25) is 0 Å². The maximum absolute atomic E-state index is 10.2. The molecule has 0 rings (SSSR count). The highest BCUT2D eigenvalue weighted by Crippen LogP contribution is 1.74. The molecule has 1 N–H and O–H groups in total. The average Bonchev–Trinajstić information content (AvgIpc) is 1.61. The van der Waals surface area contributed by atoms with E-state index in [4.69, 9.17) is 0 Å². The first kappa shape index (κ1) is 7.27. The molecule has 0 aliphatic heterocycles. The lowest BCUT2D eigenvalue weighted by molar-refractivity contribution is 0.587. The van der Waals surface area contributed by atoms with Gasteiger partial charge in [-0.2, -0.15) is 0 Å². The number of rotatable bonds is 3. The summed E-state index contributed by atoms with van der Waals surface area (Å²) in [5.74, 6) is 0. The normalized spacial score (nSPS) is 14.1. The third-order valence-corrected chi connectivity index (χ3v) is 1.09. The van der Waals surface area contributed by atoms with E-state index < -0.39 is 11.4 Å². The molecular formula is C4H10NOS. The van der Waals surface area contributed by atoms with Crippen LogP contribution in [0.4, 0.5) is 0 Å². The van der Waals surface area contributed by atoms with Gasteiger partial charge in [-0.1, -0.05) is 6.92 Å². The zero-order valence-corrected chi connectivity index (χ0v) is 5.25. The highest BCUT2D eigenvalue weighted by Gasteiger charge is 1.89. The molecule has 0 aromatic carbocycles. The third kappa shape index (κ3) is 6.27. The Bertz CT molecular complexity index is 40.7. The van der Waals surface area contributed by atoms with Crippen LogP contribution >= 0.6 is 0 Å². The molecule has 0 aliphatic rings. The van der Waals surface area contributed by atoms with Crippen molar-refractivity contribution in [3.05, 3.63) is 6.92 Å². The molecule has 7 heavy (non-hydrogen) atoms. The van der Waals surface area contributed by atoms with Crippen LogP contribution in [0, 0.1) is 6.92 Å². The van der Waals surface area contributed by atoms with Crippen molar-refractivity contribution in [2.45, 2.75) is 6.42 Å². The fraction of sp³-hybridized carbons (Fsp3) is 0.750. The summed E-state index contributed by atoms with van der Waals surface area (Å²) >= 11 is -0.855. The third-order valence-electron chi connectivity index (χ3n) is 0.482. The first-order valence-corrected chi connectivity index (χ1v) is 3.69. The van der Waals surface area contributed by atoms with Crippen molar-refractivity contribution in [1.29, 1.82) is 0 Å². The Morgan fingerprint density at radius 2 is 2.43 bits per heavy atom. The van der Waals surface area contributed by atoms with E-state index in [9.17, 15) is 4.55 Å². The Morgan fingerprint density at radius 1 is 1.86 bits per heavy atom. The molecule has 0 aromatic heterocycles. The van der Waals surface area contributed by atoms with Gasteiger partial charge in [0.1, 0.15) is 6.26 Å².